The van der Waals surface area contributed by atoms with Gasteiger partial charge in [0.1, 0.15) is 5.82 Å². The van der Waals surface area contributed by atoms with Crippen molar-refractivity contribution < 1.29 is 4.79 Å². The Morgan fingerprint density at radius 1 is 0.806 bits per heavy atom. The maximum atomic E-state index is 13.8. The van der Waals surface area contributed by atoms with Gasteiger partial charge in [-0.15, -0.1) is 0 Å². The predicted molar refractivity (Wildman–Crippen MR) is 152 cm³/mol. The largest absolute Gasteiger partial charge is 0.303 e. The van der Waals surface area contributed by atoms with Gasteiger partial charge in [0.15, 0.2) is 0 Å². The fourth-order valence-electron chi connectivity index (χ4n) is 4.60. The molecule has 0 fully saturated rings. The van der Waals surface area contributed by atoms with Crippen molar-refractivity contribution in [1.82, 2.24) is 9.55 Å². The molecule has 0 unspecified atom stereocenters. The van der Waals surface area contributed by atoms with Crippen molar-refractivity contribution in [3.05, 3.63) is 134 Å². The van der Waals surface area contributed by atoms with Crippen molar-refractivity contribution in [2.24, 2.45) is 0 Å². The minimum atomic E-state index is -0.170. The monoisotopic (exact) mass is 581 g/mol. The van der Waals surface area contributed by atoms with Crippen LogP contribution < -0.4 is 10.5 Å². The first-order valence-electron chi connectivity index (χ1n) is 11.5. The summed E-state index contributed by atoms with van der Waals surface area (Å²) in [5, 5.41) is 0.539. The average molecular weight is 581 g/mol. The van der Waals surface area contributed by atoms with Crippen molar-refractivity contribution in [2.45, 2.75) is 6.54 Å². The summed E-state index contributed by atoms with van der Waals surface area (Å²) in [4.78, 5) is 34.1. The first-order chi connectivity index (χ1) is 17.6. The van der Waals surface area contributed by atoms with Crippen molar-refractivity contribution in [1.29, 1.82) is 0 Å². The molecule has 6 rings (SSSR count). The SMILES string of the molecule is O=C1/C(=C\c2nc3ccc(I)cc3c(=O)n2-c2ccccc2)c2ccccc2N1Cc1ccccc1. The molecule has 0 atom stereocenters. The number of amides is 1. The Hall–Kier alpha value is -4.04. The molecule has 0 aliphatic carbocycles. The van der Waals surface area contributed by atoms with E-state index in [1.807, 2.05) is 103 Å². The van der Waals surface area contributed by atoms with E-state index in [2.05, 4.69) is 22.6 Å². The second kappa shape index (κ2) is 9.20. The van der Waals surface area contributed by atoms with E-state index in [4.69, 9.17) is 4.98 Å². The first kappa shape index (κ1) is 22.4. The summed E-state index contributed by atoms with van der Waals surface area (Å²) in [6, 6.07) is 32.7. The smallest absolute Gasteiger partial charge is 0.266 e. The Bertz CT molecular complexity index is 1710. The molecule has 0 bridgehead atoms. The zero-order chi connectivity index (χ0) is 24.6. The van der Waals surface area contributed by atoms with E-state index >= 15 is 0 Å². The molecule has 0 saturated carbocycles. The third-order valence-electron chi connectivity index (χ3n) is 6.29. The Kier molecular flexibility index (Phi) is 5.73. The normalized spacial score (nSPS) is 14.0. The van der Waals surface area contributed by atoms with Gasteiger partial charge < -0.3 is 4.90 Å². The molecule has 0 N–H and O–H groups in total. The van der Waals surface area contributed by atoms with E-state index in [1.54, 1.807) is 15.5 Å². The maximum Gasteiger partial charge on any atom is 0.266 e. The van der Waals surface area contributed by atoms with E-state index in [9.17, 15) is 9.59 Å². The molecular weight excluding hydrogens is 561 g/mol. The fourth-order valence-corrected chi connectivity index (χ4v) is 5.09. The van der Waals surface area contributed by atoms with E-state index in [0.717, 1.165) is 20.4 Å². The van der Waals surface area contributed by atoms with Gasteiger partial charge in [-0.05, 0) is 70.6 Å². The highest BCUT2D eigenvalue weighted by molar-refractivity contribution is 14.1. The average Bonchev–Trinajstić information content (AvgIpc) is 3.16. The third kappa shape index (κ3) is 3.93. The third-order valence-corrected chi connectivity index (χ3v) is 6.96. The lowest BCUT2D eigenvalue weighted by Crippen LogP contribution is -2.26. The van der Waals surface area contributed by atoms with Crippen molar-refractivity contribution in [3.63, 3.8) is 0 Å². The van der Waals surface area contributed by atoms with Gasteiger partial charge in [0.05, 0.1) is 34.4 Å². The van der Waals surface area contributed by atoms with Gasteiger partial charge in [-0.2, -0.15) is 0 Å². The summed E-state index contributed by atoms with van der Waals surface area (Å²) in [5.41, 5.74) is 4.36. The van der Waals surface area contributed by atoms with Crippen molar-refractivity contribution in [3.8, 4) is 5.69 Å². The highest BCUT2D eigenvalue weighted by Gasteiger charge is 2.32. The van der Waals surface area contributed by atoms with Crippen molar-refractivity contribution >= 4 is 56.7 Å². The van der Waals surface area contributed by atoms with Gasteiger partial charge in [0.2, 0.25) is 0 Å². The van der Waals surface area contributed by atoms with E-state index < -0.39 is 0 Å². The molecule has 1 aromatic heterocycles. The van der Waals surface area contributed by atoms with Crippen LogP contribution in [0.15, 0.2) is 108 Å². The number of hydrogen-bond donors (Lipinski definition) is 0. The molecule has 36 heavy (non-hydrogen) atoms. The van der Waals surface area contributed by atoms with Gasteiger partial charge >= 0.3 is 0 Å². The Morgan fingerprint density at radius 2 is 1.50 bits per heavy atom. The number of fused-ring (bicyclic) bond motifs is 2. The number of carbonyl (C=O) groups excluding carboxylic acids is 1. The Balaban J connectivity index is 1.56. The van der Waals surface area contributed by atoms with E-state index in [0.29, 0.717) is 34.5 Å². The lowest BCUT2D eigenvalue weighted by Gasteiger charge is -2.17. The zero-order valence-corrected chi connectivity index (χ0v) is 21.3. The summed E-state index contributed by atoms with van der Waals surface area (Å²) in [7, 11) is 0. The van der Waals surface area contributed by atoms with Gasteiger partial charge in [0.25, 0.3) is 11.5 Å². The summed E-state index contributed by atoms with van der Waals surface area (Å²) < 4.78 is 2.54. The number of carbonyl (C=O) groups is 1. The van der Waals surface area contributed by atoms with Gasteiger partial charge in [-0.25, -0.2) is 4.98 Å². The number of nitrogens with zero attached hydrogens (tertiary/aromatic N) is 3. The number of hydrogen-bond acceptors (Lipinski definition) is 3. The van der Waals surface area contributed by atoms with Gasteiger partial charge in [-0.1, -0.05) is 66.7 Å². The fraction of sp³-hybridized carbons (Fsp3) is 0.0333. The number of rotatable bonds is 4. The molecule has 174 valence electrons. The van der Waals surface area contributed by atoms with Crippen LogP contribution >= 0.6 is 22.6 Å². The summed E-state index contributed by atoms with van der Waals surface area (Å²) in [6.45, 7) is 0.461. The number of aromatic nitrogens is 2. The van der Waals surface area contributed by atoms with E-state index in [1.165, 1.54) is 0 Å². The van der Waals surface area contributed by atoms with Crippen LogP contribution in [0.3, 0.4) is 0 Å². The van der Waals surface area contributed by atoms with Gasteiger partial charge in [0, 0.05) is 9.13 Å². The number of para-hydroxylation sites is 2. The summed E-state index contributed by atoms with van der Waals surface area (Å²) in [5.74, 6) is 0.302. The van der Waals surface area contributed by atoms with Crippen LogP contribution in [0.5, 0.6) is 0 Å². The van der Waals surface area contributed by atoms with Crippen LogP contribution in [0.1, 0.15) is 17.0 Å². The number of anilines is 1. The van der Waals surface area contributed by atoms with Crippen LogP contribution in [-0.4, -0.2) is 15.5 Å². The highest BCUT2D eigenvalue weighted by atomic mass is 127. The van der Waals surface area contributed by atoms with Crippen LogP contribution in [-0.2, 0) is 11.3 Å². The molecular formula is C30H20IN3O2. The van der Waals surface area contributed by atoms with Gasteiger partial charge in [-0.3, -0.25) is 14.2 Å². The molecule has 5 aromatic rings. The molecule has 4 aromatic carbocycles. The predicted octanol–water partition coefficient (Wildman–Crippen LogP) is 6.08. The lowest BCUT2D eigenvalue weighted by molar-refractivity contribution is -0.113. The lowest BCUT2D eigenvalue weighted by atomic mass is 10.1. The quantitative estimate of drug-likeness (QED) is 0.191. The number of benzene rings is 4. The molecule has 0 spiro atoms. The standard InChI is InChI=1S/C30H20IN3O2/c31-21-15-16-26-25(17-21)30(36)34(22-11-5-2-6-12-22)28(32-26)18-24-23-13-7-8-14-27(23)33(29(24)35)19-20-9-3-1-4-10-20/h1-18H,19H2/b24-18-. The molecule has 1 aliphatic heterocycles. The molecule has 1 aliphatic rings. The van der Waals surface area contributed by atoms with Crippen LogP contribution in [0, 0.1) is 3.57 Å². The molecule has 2 heterocycles. The summed E-state index contributed by atoms with van der Waals surface area (Å²) >= 11 is 2.20. The van der Waals surface area contributed by atoms with Crippen LogP contribution in [0.25, 0.3) is 28.2 Å². The van der Waals surface area contributed by atoms with Crippen molar-refractivity contribution in [2.75, 3.05) is 4.90 Å². The molecule has 0 saturated heterocycles. The maximum absolute atomic E-state index is 13.8. The zero-order valence-electron chi connectivity index (χ0n) is 19.1. The minimum absolute atomic E-state index is 0.114. The highest BCUT2D eigenvalue weighted by Crippen LogP contribution is 2.38. The molecule has 1 amide bonds. The van der Waals surface area contributed by atoms with Crippen LogP contribution in [0.2, 0.25) is 0 Å². The topological polar surface area (TPSA) is 55.2 Å². The molecule has 6 heteroatoms. The number of halogens is 1. The second-order valence-corrected chi connectivity index (χ2v) is 9.81. The molecule has 5 nitrogen and oxygen atoms in total. The van der Waals surface area contributed by atoms with E-state index in [-0.39, 0.29) is 11.5 Å². The second-order valence-electron chi connectivity index (χ2n) is 8.56. The Morgan fingerprint density at radius 3 is 2.28 bits per heavy atom. The van der Waals surface area contributed by atoms with Crippen LogP contribution in [0.4, 0.5) is 5.69 Å². The Labute approximate surface area is 221 Å². The minimum Gasteiger partial charge on any atom is -0.303 e. The molecule has 0 radical (unpaired) electrons. The summed E-state index contributed by atoms with van der Waals surface area (Å²) in [6.07, 6.45) is 1.75. The first-order valence-corrected chi connectivity index (χ1v) is 12.6.